The predicted octanol–water partition coefficient (Wildman–Crippen LogP) is 3.89. The first-order chi connectivity index (χ1) is 10.2. The molecule has 1 nitrogen and oxygen atoms in total. The predicted molar refractivity (Wildman–Crippen MR) is 101 cm³/mol. The lowest BCUT2D eigenvalue weighted by molar-refractivity contribution is 0.457. The van der Waals surface area contributed by atoms with Crippen molar-refractivity contribution in [2.45, 2.75) is 54.0 Å². The smallest absolute Gasteiger partial charge is 0.112 e. The Morgan fingerprint density at radius 3 is 2.05 bits per heavy atom. The fourth-order valence-corrected chi connectivity index (χ4v) is 7.37. The Morgan fingerprint density at radius 2 is 1.59 bits per heavy atom. The molecule has 22 heavy (non-hydrogen) atoms. The van der Waals surface area contributed by atoms with Gasteiger partial charge in [0.25, 0.3) is 0 Å². The summed E-state index contributed by atoms with van der Waals surface area (Å²) >= 11 is 0. The summed E-state index contributed by atoms with van der Waals surface area (Å²) in [7, 11) is -1.21. The van der Waals surface area contributed by atoms with E-state index >= 15 is 0 Å². The van der Waals surface area contributed by atoms with Crippen LogP contribution >= 0.6 is 0 Å². The highest BCUT2D eigenvalue weighted by Crippen LogP contribution is 2.37. The van der Waals surface area contributed by atoms with E-state index in [9.17, 15) is 0 Å². The summed E-state index contributed by atoms with van der Waals surface area (Å²) in [6.45, 7) is 16.1. The number of hydrogen-bond acceptors (Lipinski definition) is 1. The van der Waals surface area contributed by atoms with Gasteiger partial charge in [0.2, 0.25) is 0 Å². The minimum Gasteiger partial charge on any atom is -0.314 e. The molecule has 0 saturated heterocycles. The molecule has 0 aliphatic heterocycles. The molecule has 1 aliphatic rings. The molecule has 2 atom stereocenters. The molecule has 1 aromatic carbocycles. The summed E-state index contributed by atoms with van der Waals surface area (Å²) in [6.07, 6.45) is 1.13. The van der Waals surface area contributed by atoms with Crippen molar-refractivity contribution in [1.29, 1.82) is 0 Å². The summed E-state index contributed by atoms with van der Waals surface area (Å²) in [4.78, 5) is 0. The Kier molecular flexibility index (Phi) is 5.13. The van der Waals surface area contributed by atoms with Crippen LogP contribution in [0.15, 0.2) is 52.2 Å². The van der Waals surface area contributed by atoms with Gasteiger partial charge >= 0.3 is 0 Å². The van der Waals surface area contributed by atoms with E-state index in [2.05, 4.69) is 84.1 Å². The van der Waals surface area contributed by atoms with Crippen LogP contribution in [0.5, 0.6) is 0 Å². The van der Waals surface area contributed by atoms with E-state index in [1.165, 1.54) is 5.57 Å². The van der Waals surface area contributed by atoms with Crippen molar-refractivity contribution in [3.63, 3.8) is 0 Å². The van der Waals surface area contributed by atoms with E-state index in [4.69, 9.17) is 0 Å². The van der Waals surface area contributed by atoms with Gasteiger partial charge in [0.05, 0.1) is 0 Å². The highest BCUT2D eigenvalue weighted by molar-refractivity contribution is 6.80. The van der Waals surface area contributed by atoms with Crippen LogP contribution in [0.1, 0.15) is 48.5 Å². The van der Waals surface area contributed by atoms with E-state index in [1.807, 2.05) is 0 Å². The molecule has 0 radical (unpaired) electrons. The van der Waals surface area contributed by atoms with Crippen LogP contribution in [0.25, 0.3) is 0 Å². The number of rotatable bonds is 4. The van der Waals surface area contributed by atoms with Crippen molar-refractivity contribution in [3.8, 4) is 0 Å². The van der Waals surface area contributed by atoms with Crippen LogP contribution < -0.4 is 10.5 Å². The molecule has 1 N–H and O–H groups in total. The number of hydrogen-bond donors (Lipinski definition) is 1. The third kappa shape index (κ3) is 3.61. The molecule has 0 bridgehead atoms. The number of nitrogens with one attached hydrogen (secondary N) is 1. The Labute approximate surface area is 138 Å². The van der Waals surface area contributed by atoms with E-state index in [-0.39, 0.29) is 5.54 Å². The fourth-order valence-electron chi connectivity index (χ4n) is 3.46. The van der Waals surface area contributed by atoms with Crippen LogP contribution in [-0.4, -0.2) is 20.5 Å². The average molecular weight is 314 g/mol. The summed E-state index contributed by atoms with van der Waals surface area (Å²) in [5.74, 6) is 0.610. The van der Waals surface area contributed by atoms with Crippen LogP contribution in [0.3, 0.4) is 0 Å². The normalized spacial score (nSPS) is 20.8. The van der Waals surface area contributed by atoms with Gasteiger partial charge in [0, 0.05) is 5.54 Å². The molecule has 120 valence electrons. The molecule has 0 fully saturated rings. The Hall–Kier alpha value is -1.12. The molecular weight excluding hydrogens is 282 g/mol. The van der Waals surface area contributed by atoms with Crippen LogP contribution in [0.4, 0.5) is 0 Å². The molecule has 0 amide bonds. The second-order valence-corrected chi connectivity index (χ2v) is 10.5. The largest absolute Gasteiger partial charge is 0.314 e. The second-order valence-electron chi connectivity index (χ2n) is 7.70. The topological polar surface area (TPSA) is 12.0 Å². The van der Waals surface area contributed by atoms with Gasteiger partial charge < -0.3 is 5.32 Å². The third-order valence-corrected chi connectivity index (χ3v) is 8.60. The molecule has 2 rings (SSSR count). The lowest BCUT2D eigenvalue weighted by Crippen LogP contribution is -2.49. The van der Waals surface area contributed by atoms with Gasteiger partial charge in [-0.05, 0) is 59.2 Å². The zero-order chi connectivity index (χ0) is 16.5. The van der Waals surface area contributed by atoms with Gasteiger partial charge in [0.15, 0.2) is 0 Å². The van der Waals surface area contributed by atoms with Crippen molar-refractivity contribution in [1.82, 2.24) is 5.32 Å². The Morgan fingerprint density at radius 1 is 1.00 bits per heavy atom. The van der Waals surface area contributed by atoms with Crippen molar-refractivity contribution < 1.29 is 0 Å². The minimum absolute atomic E-state index is 0.174. The first-order valence-electron chi connectivity index (χ1n) is 8.40. The van der Waals surface area contributed by atoms with Gasteiger partial charge in [-0.1, -0.05) is 58.8 Å². The lowest BCUT2D eigenvalue weighted by Gasteiger charge is -2.28. The molecule has 0 aromatic heterocycles. The fraction of sp³-hybridized carbons (Fsp3) is 0.500. The SMILES string of the molecule is CC1=C(C)C(C)C([SiH](CNC(C)(C)C)c2ccccc2)=C1C. The summed E-state index contributed by atoms with van der Waals surface area (Å²) in [6, 6.07) is 11.2. The Bertz CT molecular complexity index is 590. The lowest BCUT2D eigenvalue weighted by atomic mass is 10.1. The maximum atomic E-state index is 3.78. The minimum atomic E-state index is -1.21. The molecule has 2 unspecified atom stereocenters. The molecule has 0 spiro atoms. The van der Waals surface area contributed by atoms with Gasteiger partial charge in [-0.15, -0.1) is 0 Å². The van der Waals surface area contributed by atoms with Gasteiger partial charge in [0.1, 0.15) is 8.80 Å². The summed E-state index contributed by atoms with van der Waals surface area (Å²) in [5.41, 5.74) is 4.82. The maximum Gasteiger partial charge on any atom is 0.112 e. The van der Waals surface area contributed by atoms with Crippen molar-refractivity contribution in [2.75, 3.05) is 6.17 Å². The quantitative estimate of drug-likeness (QED) is 0.832. The highest BCUT2D eigenvalue weighted by Gasteiger charge is 2.31. The third-order valence-electron chi connectivity index (χ3n) is 5.12. The standard InChI is InChI=1S/C20H31NSi/c1-14-15(2)17(4)19(16(14)3)22(13-21-20(5,6)7)18-11-9-8-10-12-18/h8-12,16,21-22H,13H2,1-7H3. The van der Waals surface area contributed by atoms with Gasteiger partial charge in [-0.25, -0.2) is 0 Å². The van der Waals surface area contributed by atoms with E-state index in [1.54, 1.807) is 21.5 Å². The van der Waals surface area contributed by atoms with Crippen molar-refractivity contribution >= 4 is 14.0 Å². The number of benzene rings is 1. The van der Waals surface area contributed by atoms with Gasteiger partial charge in [-0.2, -0.15) is 0 Å². The maximum absolute atomic E-state index is 3.78. The molecule has 1 aliphatic carbocycles. The van der Waals surface area contributed by atoms with Crippen LogP contribution in [0, 0.1) is 5.92 Å². The molecule has 0 saturated carbocycles. The van der Waals surface area contributed by atoms with Gasteiger partial charge in [-0.3, -0.25) is 0 Å². The van der Waals surface area contributed by atoms with Crippen molar-refractivity contribution in [3.05, 3.63) is 52.2 Å². The Balaban J connectivity index is 2.38. The summed E-state index contributed by atoms with van der Waals surface area (Å²) < 4.78 is 0. The highest BCUT2D eigenvalue weighted by atomic mass is 28.3. The monoisotopic (exact) mass is 313 g/mol. The number of allylic oxidation sites excluding steroid dienone is 4. The molecule has 2 heteroatoms. The second kappa shape index (κ2) is 6.55. The van der Waals surface area contributed by atoms with E-state index in [0.717, 1.165) is 6.17 Å². The zero-order valence-corrected chi connectivity index (χ0v) is 16.4. The molecule has 1 aromatic rings. The van der Waals surface area contributed by atoms with Crippen LogP contribution in [0.2, 0.25) is 0 Å². The first kappa shape index (κ1) is 17.2. The van der Waals surface area contributed by atoms with Crippen molar-refractivity contribution in [2.24, 2.45) is 5.92 Å². The summed E-state index contributed by atoms with van der Waals surface area (Å²) in [5, 5.41) is 7.07. The molecular formula is C20H31NSi. The van der Waals surface area contributed by atoms with E-state index in [0.29, 0.717) is 5.92 Å². The first-order valence-corrected chi connectivity index (χ1v) is 10.4. The van der Waals surface area contributed by atoms with Crippen LogP contribution in [-0.2, 0) is 0 Å². The molecule has 0 heterocycles. The zero-order valence-electron chi connectivity index (χ0n) is 15.2. The average Bonchev–Trinajstić information content (AvgIpc) is 2.65. The van der Waals surface area contributed by atoms with E-state index < -0.39 is 8.80 Å².